The van der Waals surface area contributed by atoms with Gasteiger partial charge in [0.15, 0.2) is 0 Å². The first-order chi connectivity index (χ1) is 9.08. The lowest BCUT2D eigenvalue weighted by molar-refractivity contribution is 0.607. The minimum atomic E-state index is -0.196. The Morgan fingerprint density at radius 2 is 1.53 bits per heavy atom. The molecule has 0 heterocycles. The molecule has 0 aliphatic heterocycles. The van der Waals surface area contributed by atoms with Crippen molar-refractivity contribution in [3.8, 4) is 0 Å². The van der Waals surface area contributed by atoms with E-state index in [2.05, 4.69) is 26.0 Å². The van der Waals surface area contributed by atoms with Crippen LogP contribution in [0, 0.1) is 5.82 Å². The van der Waals surface area contributed by atoms with E-state index in [4.69, 9.17) is 11.6 Å². The van der Waals surface area contributed by atoms with Crippen molar-refractivity contribution in [1.82, 2.24) is 0 Å². The van der Waals surface area contributed by atoms with Crippen LogP contribution in [0.15, 0.2) is 48.5 Å². The van der Waals surface area contributed by atoms with Crippen molar-refractivity contribution in [1.29, 1.82) is 0 Å². The van der Waals surface area contributed by atoms with E-state index in [0.717, 1.165) is 5.56 Å². The Bertz CT molecular complexity index is 531. The number of benzene rings is 2. The number of hydrogen-bond donors (Lipinski definition) is 0. The maximum absolute atomic E-state index is 13.6. The second-order valence-corrected chi connectivity index (χ2v) is 5.61. The molecule has 0 radical (unpaired) electrons. The van der Waals surface area contributed by atoms with Gasteiger partial charge in [0.05, 0.1) is 5.38 Å². The third-order valence-electron chi connectivity index (χ3n) is 3.32. The molecule has 2 aromatic rings. The monoisotopic (exact) mass is 276 g/mol. The van der Waals surface area contributed by atoms with Gasteiger partial charge in [-0.05, 0) is 35.1 Å². The molecule has 0 amide bonds. The topological polar surface area (TPSA) is 0 Å². The van der Waals surface area contributed by atoms with Crippen LogP contribution in [-0.4, -0.2) is 0 Å². The second-order valence-electron chi connectivity index (χ2n) is 5.08. The van der Waals surface area contributed by atoms with Crippen LogP contribution in [0.1, 0.15) is 41.8 Å². The van der Waals surface area contributed by atoms with Crippen LogP contribution in [0.4, 0.5) is 4.39 Å². The lowest BCUT2D eigenvalue weighted by atomic mass is 9.98. The molecule has 1 atom stereocenters. The largest absolute Gasteiger partial charge is 0.207 e. The normalized spacial score (nSPS) is 12.7. The lowest BCUT2D eigenvalue weighted by Crippen LogP contribution is -1.99. The molecule has 0 aromatic heterocycles. The Kier molecular flexibility index (Phi) is 4.60. The molecule has 0 spiro atoms. The van der Waals surface area contributed by atoms with Crippen LogP contribution in [0.3, 0.4) is 0 Å². The predicted octanol–water partition coefficient (Wildman–Crippen LogP) is 5.47. The Morgan fingerprint density at radius 1 is 0.947 bits per heavy atom. The number of rotatable bonds is 4. The van der Waals surface area contributed by atoms with Crippen molar-refractivity contribution in [3.63, 3.8) is 0 Å². The van der Waals surface area contributed by atoms with Crippen molar-refractivity contribution in [2.45, 2.75) is 31.6 Å². The van der Waals surface area contributed by atoms with Gasteiger partial charge < -0.3 is 0 Å². The molecule has 1 unspecified atom stereocenters. The average Bonchev–Trinajstić information content (AvgIpc) is 2.41. The van der Waals surface area contributed by atoms with E-state index in [1.54, 1.807) is 12.1 Å². The zero-order valence-electron chi connectivity index (χ0n) is 11.2. The minimum Gasteiger partial charge on any atom is -0.207 e. The van der Waals surface area contributed by atoms with E-state index in [1.165, 1.54) is 11.6 Å². The Hall–Kier alpha value is -1.34. The van der Waals surface area contributed by atoms with E-state index in [0.29, 0.717) is 17.9 Å². The molecule has 19 heavy (non-hydrogen) atoms. The van der Waals surface area contributed by atoms with Gasteiger partial charge in [-0.15, -0.1) is 11.6 Å². The third kappa shape index (κ3) is 3.57. The first kappa shape index (κ1) is 14.1. The molecule has 0 fully saturated rings. The van der Waals surface area contributed by atoms with Crippen LogP contribution >= 0.6 is 11.6 Å². The Balaban J connectivity index is 2.12. The molecule has 0 saturated heterocycles. The summed E-state index contributed by atoms with van der Waals surface area (Å²) in [5, 5.41) is -0.196. The van der Waals surface area contributed by atoms with Crippen molar-refractivity contribution in [2.24, 2.45) is 0 Å². The van der Waals surface area contributed by atoms with Crippen molar-refractivity contribution < 1.29 is 4.39 Å². The predicted molar refractivity (Wildman–Crippen MR) is 79.2 cm³/mol. The zero-order valence-corrected chi connectivity index (χ0v) is 12.0. The molecule has 2 heteroatoms. The fourth-order valence-electron chi connectivity index (χ4n) is 2.06. The minimum absolute atomic E-state index is 0.188. The molecule has 0 N–H and O–H groups in total. The highest BCUT2D eigenvalue weighted by molar-refractivity contribution is 6.20. The van der Waals surface area contributed by atoms with Gasteiger partial charge in [0.1, 0.15) is 5.82 Å². The average molecular weight is 277 g/mol. The summed E-state index contributed by atoms with van der Waals surface area (Å²) in [7, 11) is 0. The van der Waals surface area contributed by atoms with E-state index >= 15 is 0 Å². The van der Waals surface area contributed by atoms with E-state index in [9.17, 15) is 4.39 Å². The molecule has 0 saturated carbocycles. The molecule has 0 aliphatic rings. The van der Waals surface area contributed by atoms with Crippen molar-refractivity contribution >= 4 is 11.6 Å². The zero-order chi connectivity index (χ0) is 13.8. The molecule has 0 nitrogen and oxygen atoms in total. The summed E-state index contributed by atoms with van der Waals surface area (Å²) in [6.45, 7) is 4.32. The summed E-state index contributed by atoms with van der Waals surface area (Å²) in [6.07, 6.45) is 0.509. The second kappa shape index (κ2) is 6.21. The number of hydrogen-bond acceptors (Lipinski definition) is 0. The van der Waals surface area contributed by atoms with E-state index in [-0.39, 0.29) is 11.2 Å². The first-order valence-corrected chi connectivity index (χ1v) is 6.99. The van der Waals surface area contributed by atoms with Gasteiger partial charge in [-0.2, -0.15) is 0 Å². The quantitative estimate of drug-likeness (QED) is 0.650. The van der Waals surface area contributed by atoms with Gasteiger partial charge in [-0.1, -0.05) is 56.3 Å². The molecule has 0 bridgehead atoms. The molecule has 2 rings (SSSR count). The van der Waals surface area contributed by atoms with Gasteiger partial charge in [-0.3, -0.25) is 0 Å². The van der Waals surface area contributed by atoms with Crippen LogP contribution in [-0.2, 0) is 6.42 Å². The fraction of sp³-hybridized carbons (Fsp3) is 0.294. The SMILES string of the molecule is CC(C)c1ccc(C(Cl)Cc2ccccc2F)cc1. The van der Waals surface area contributed by atoms with Gasteiger partial charge in [0.25, 0.3) is 0 Å². The highest BCUT2D eigenvalue weighted by atomic mass is 35.5. The lowest BCUT2D eigenvalue weighted by Gasteiger charge is -2.12. The Labute approximate surface area is 119 Å². The van der Waals surface area contributed by atoms with E-state index < -0.39 is 0 Å². The molecule has 2 aromatic carbocycles. The molecular formula is C17H18ClF. The summed E-state index contributed by atoms with van der Waals surface area (Å²) >= 11 is 6.38. The van der Waals surface area contributed by atoms with Crippen LogP contribution < -0.4 is 0 Å². The molecule has 100 valence electrons. The van der Waals surface area contributed by atoms with Crippen LogP contribution in [0.2, 0.25) is 0 Å². The van der Waals surface area contributed by atoms with E-state index in [1.807, 2.05) is 18.2 Å². The smallest absolute Gasteiger partial charge is 0.126 e. The van der Waals surface area contributed by atoms with Gasteiger partial charge >= 0.3 is 0 Å². The maximum atomic E-state index is 13.6. The molecule has 0 aliphatic carbocycles. The first-order valence-electron chi connectivity index (χ1n) is 6.55. The number of alkyl halides is 1. The van der Waals surface area contributed by atoms with Gasteiger partial charge in [-0.25, -0.2) is 4.39 Å². The highest BCUT2D eigenvalue weighted by Crippen LogP contribution is 2.27. The highest BCUT2D eigenvalue weighted by Gasteiger charge is 2.12. The van der Waals surface area contributed by atoms with Crippen molar-refractivity contribution in [2.75, 3.05) is 0 Å². The third-order valence-corrected chi connectivity index (χ3v) is 3.73. The summed E-state index contributed by atoms with van der Waals surface area (Å²) in [4.78, 5) is 0. The summed E-state index contributed by atoms with van der Waals surface area (Å²) in [5.74, 6) is 0.321. The molecular weight excluding hydrogens is 259 g/mol. The van der Waals surface area contributed by atoms with Crippen LogP contribution in [0.25, 0.3) is 0 Å². The Morgan fingerprint density at radius 3 is 2.11 bits per heavy atom. The summed E-state index contributed by atoms with van der Waals surface area (Å²) < 4.78 is 13.6. The fourth-order valence-corrected chi connectivity index (χ4v) is 2.38. The number of halogens is 2. The van der Waals surface area contributed by atoms with Gasteiger partial charge in [0.2, 0.25) is 0 Å². The summed E-state index contributed by atoms with van der Waals surface area (Å²) in [6, 6.07) is 15.0. The standard InChI is InChI=1S/C17H18ClF/c1-12(2)13-7-9-14(10-8-13)16(18)11-15-5-3-4-6-17(15)19/h3-10,12,16H,11H2,1-2H3. The van der Waals surface area contributed by atoms with Gasteiger partial charge in [0, 0.05) is 0 Å². The maximum Gasteiger partial charge on any atom is 0.126 e. The van der Waals surface area contributed by atoms with Crippen LogP contribution in [0.5, 0.6) is 0 Å². The van der Waals surface area contributed by atoms with Crippen molar-refractivity contribution in [3.05, 3.63) is 71.0 Å². The summed E-state index contributed by atoms with van der Waals surface area (Å²) in [5.41, 5.74) is 2.99.